The number of hydrogen-bond acceptors (Lipinski definition) is 4. The predicted octanol–water partition coefficient (Wildman–Crippen LogP) is 2.85. The predicted molar refractivity (Wildman–Crippen MR) is 78.9 cm³/mol. The molecule has 0 radical (unpaired) electrons. The summed E-state index contributed by atoms with van der Waals surface area (Å²) in [5.74, 6) is -0.279. The number of nitrogens with one attached hydrogen (secondary N) is 1. The molecule has 4 nitrogen and oxygen atoms in total. The Morgan fingerprint density at radius 3 is 2.43 bits per heavy atom. The fourth-order valence-corrected chi connectivity index (χ4v) is 4.08. The second kappa shape index (κ2) is 5.93. The first kappa shape index (κ1) is 15.6. The molecular weight excluding hydrogens is 311 g/mol. The minimum atomic E-state index is -3.66. The Hall–Kier alpha value is -1.75. The Bertz CT molecular complexity index is 797. The highest BCUT2D eigenvalue weighted by molar-refractivity contribution is 7.91. The summed E-state index contributed by atoms with van der Waals surface area (Å²) >= 11 is 0.912. The van der Waals surface area contributed by atoms with E-state index < -0.39 is 10.0 Å². The van der Waals surface area contributed by atoms with E-state index in [9.17, 15) is 12.8 Å². The Morgan fingerprint density at radius 2 is 1.90 bits per heavy atom. The Morgan fingerprint density at radius 1 is 1.29 bits per heavy atom. The van der Waals surface area contributed by atoms with Gasteiger partial charge in [-0.15, -0.1) is 11.3 Å². The van der Waals surface area contributed by atoms with Gasteiger partial charge in [0.15, 0.2) is 0 Å². The minimum Gasteiger partial charge on any atom is -0.206 e. The number of sulfonamides is 1. The van der Waals surface area contributed by atoms with E-state index in [1.165, 1.54) is 12.1 Å². The summed E-state index contributed by atoms with van der Waals surface area (Å²) < 4.78 is 40.2. The molecule has 0 saturated carbocycles. The minimum absolute atomic E-state index is 0.0735. The quantitative estimate of drug-likeness (QED) is 0.940. The van der Waals surface area contributed by atoms with Crippen LogP contribution >= 0.6 is 11.3 Å². The van der Waals surface area contributed by atoms with E-state index in [4.69, 9.17) is 5.26 Å². The molecular formula is C14H13FN2O2S2. The van der Waals surface area contributed by atoms with Crippen molar-refractivity contribution in [2.24, 2.45) is 0 Å². The van der Waals surface area contributed by atoms with Gasteiger partial charge in [-0.1, -0.05) is 12.1 Å². The smallest absolute Gasteiger partial charge is 0.206 e. The van der Waals surface area contributed by atoms with Gasteiger partial charge in [-0.3, -0.25) is 0 Å². The zero-order chi connectivity index (χ0) is 15.6. The molecule has 7 heteroatoms. The Balaban J connectivity index is 2.17. The maximum absolute atomic E-state index is 13.5. The van der Waals surface area contributed by atoms with Gasteiger partial charge in [0.1, 0.15) is 21.0 Å². The molecule has 0 spiro atoms. The molecule has 0 fully saturated rings. The van der Waals surface area contributed by atoms with Gasteiger partial charge < -0.3 is 0 Å². The van der Waals surface area contributed by atoms with Crippen LogP contribution in [-0.4, -0.2) is 8.42 Å². The molecule has 110 valence electrons. The van der Waals surface area contributed by atoms with Crippen molar-refractivity contribution in [2.45, 2.75) is 24.6 Å². The molecule has 0 bridgehead atoms. The van der Waals surface area contributed by atoms with E-state index in [-0.39, 0.29) is 16.6 Å². The monoisotopic (exact) mass is 324 g/mol. The highest BCUT2D eigenvalue weighted by Crippen LogP contribution is 2.21. The summed E-state index contributed by atoms with van der Waals surface area (Å²) in [5.41, 5.74) is 1.64. The topological polar surface area (TPSA) is 70.0 Å². The number of aryl methyl sites for hydroxylation is 2. The second-order valence-electron chi connectivity index (χ2n) is 4.60. The first-order valence-electron chi connectivity index (χ1n) is 6.08. The second-order valence-corrected chi connectivity index (χ2v) is 7.68. The van der Waals surface area contributed by atoms with E-state index in [1.54, 1.807) is 26.0 Å². The SMILES string of the molecule is Cc1cc(CNS(=O)(=O)c2ccc(C#N)s2)cc(C)c1F. The average molecular weight is 324 g/mol. The van der Waals surface area contributed by atoms with Crippen LogP contribution in [0.3, 0.4) is 0 Å². The van der Waals surface area contributed by atoms with Crippen molar-refractivity contribution in [3.05, 3.63) is 51.7 Å². The lowest BCUT2D eigenvalue weighted by Crippen LogP contribution is -2.22. The van der Waals surface area contributed by atoms with Crippen molar-refractivity contribution in [2.75, 3.05) is 0 Å². The van der Waals surface area contributed by atoms with Crippen LogP contribution < -0.4 is 4.72 Å². The summed E-state index contributed by atoms with van der Waals surface area (Å²) in [4.78, 5) is 0.337. The first-order valence-corrected chi connectivity index (χ1v) is 8.38. The van der Waals surface area contributed by atoms with E-state index >= 15 is 0 Å². The number of thiophene rings is 1. The van der Waals surface area contributed by atoms with E-state index in [2.05, 4.69) is 4.72 Å². The van der Waals surface area contributed by atoms with Gasteiger partial charge in [-0.2, -0.15) is 5.26 Å². The molecule has 0 atom stereocenters. The summed E-state index contributed by atoms with van der Waals surface area (Å²) in [6.45, 7) is 3.35. The molecule has 0 saturated heterocycles. The van der Waals surface area contributed by atoms with Crippen LogP contribution in [0.1, 0.15) is 21.6 Å². The highest BCUT2D eigenvalue weighted by Gasteiger charge is 2.17. The molecule has 0 aliphatic carbocycles. The van der Waals surface area contributed by atoms with Crippen LogP contribution in [0.5, 0.6) is 0 Å². The van der Waals surface area contributed by atoms with Crippen molar-refractivity contribution in [1.82, 2.24) is 4.72 Å². The van der Waals surface area contributed by atoms with Gasteiger partial charge in [0, 0.05) is 6.54 Å². The molecule has 0 unspecified atom stereocenters. The van der Waals surface area contributed by atoms with Gasteiger partial charge >= 0.3 is 0 Å². The van der Waals surface area contributed by atoms with Gasteiger partial charge in [-0.25, -0.2) is 17.5 Å². The third kappa shape index (κ3) is 3.47. The van der Waals surface area contributed by atoms with E-state index in [0.717, 1.165) is 11.3 Å². The van der Waals surface area contributed by atoms with Crippen LogP contribution in [-0.2, 0) is 16.6 Å². The van der Waals surface area contributed by atoms with Crippen molar-refractivity contribution in [3.8, 4) is 6.07 Å². The van der Waals surface area contributed by atoms with Crippen molar-refractivity contribution >= 4 is 21.4 Å². The van der Waals surface area contributed by atoms with Gasteiger partial charge in [0.05, 0.1) is 0 Å². The lowest BCUT2D eigenvalue weighted by Gasteiger charge is -2.08. The number of nitriles is 1. The third-order valence-electron chi connectivity index (χ3n) is 2.92. The zero-order valence-corrected chi connectivity index (χ0v) is 13.1. The normalized spacial score (nSPS) is 11.3. The molecule has 0 aliphatic heterocycles. The number of rotatable bonds is 4. The number of nitrogens with zero attached hydrogens (tertiary/aromatic N) is 1. The van der Waals surface area contributed by atoms with E-state index in [1.807, 2.05) is 6.07 Å². The van der Waals surface area contributed by atoms with Crippen LogP contribution in [0, 0.1) is 31.0 Å². The maximum atomic E-state index is 13.5. The summed E-state index contributed by atoms with van der Waals surface area (Å²) in [6, 6.07) is 7.98. The zero-order valence-electron chi connectivity index (χ0n) is 11.5. The van der Waals surface area contributed by atoms with Crippen molar-refractivity contribution < 1.29 is 12.8 Å². The van der Waals surface area contributed by atoms with Crippen LogP contribution in [0.2, 0.25) is 0 Å². The van der Waals surface area contributed by atoms with Crippen LogP contribution in [0.4, 0.5) is 4.39 Å². The standard InChI is InChI=1S/C14H13FN2O2S2/c1-9-5-11(6-10(2)14(9)15)8-17-21(18,19)13-4-3-12(7-16)20-13/h3-6,17H,8H2,1-2H3. The van der Waals surface area contributed by atoms with Gasteiger partial charge in [-0.05, 0) is 42.7 Å². The third-order valence-corrected chi connectivity index (χ3v) is 5.80. The molecule has 0 aliphatic rings. The molecule has 1 aromatic heterocycles. The molecule has 0 amide bonds. The van der Waals surface area contributed by atoms with Gasteiger partial charge in [0.2, 0.25) is 10.0 Å². The van der Waals surface area contributed by atoms with Crippen LogP contribution in [0.25, 0.3) is 0 Å². The molecule has 1 aromatic carbocycles. The number of hydrogen-bond donors (Lipinski definition) is 1. The lowest BCUT2D eigenvalue weighted by molar-refractivity contribution is 0.583. The van der Waals surface area contributed by atoms with Crippen LogP contribution in [0.15, 0.2) is 28.5 Å². The van der Waals surface area contributed by atoms with Crippen molar-refractivity contribution in [3.63, 3.8) is 0 Å². The summed E-state index contributed by atoms with van der Waals surface area (Å²) in [7, 11) is -3.66. The Kier molecular flexibility index (Phi) is 4.42. The first-order chi connectivity index (χ1) is 9.83. The Labute approximate surface area is 126 Å². The summed E-state index contributed by atoms with van der Waals surface area (Å²) in [6.07, 6.45) is 0. The fourth-order valence-electron chi connectivity index (χ4n) is 1.91. The molecule has 1 N–H and O–H groups in total. The molecule has 2 aromatic rings. The highest BCUT2D eigenvalue weighted by atomic mass is 32.2. The number of halogens is 1. The number of benzene rings is 1. The lowest BCUT2D eigenvalue weighted by atomic mass is 10.1. The largest absolute Gasteiger partial charge is 0.250 e. The van der Waals surface area contributed by atoms with Gasteiger partial charge in [0.25, 0.3) is 0 Å². The molecule has 21 heavy (non-hydrogen) atoms. The van der Waals surface area contributed by atoms with Crippen molar-refractivity contribution in [1.29, 1.82) is 5.26 Å². The maximum Gasteiger partial charge on any atom is 0.250 e. The van der Waals surface area contributed by atoms with E-state index in [0.29, 0.717) is 21.6 Å². The molecule has 1 heterocycles. The average Bonchev–Trinajstić information content (AvgIpc) is 2.92. The fraction of sp³-hybridized carbons (Fsp3) is 0.214. The molecule has 2 rings (SSSR count). The summed E-state index contributed by atoms with van der Waals surface area (Å²) in [5, 5.41) is 8.72.